The second kappa shape index (κ2) is 7.29. The van der Waals surface area contributed by atoms with Crippen molar-refractivity contribution in [2.75, 3.05) is 26.7 Å². The number of fused-ring (bicyclic) bond motifs is 1. The van der Waals surface area contributed by atoms with Crippen LogP contribution in [0.2, 0.25) is 0 Å². The fraction of sp³-hybridized carbons (Fsp3) is 0.450. The monoisotopic (exact) mass is 372 g/mol. The van der Waals surface area contributed by atoms with Gasteiger partial charge in [0.2, 0.25) is 0 Å². The maximum atomic E-state index is 12.2. The van der Waals surface area contributed by atoms with Crippen molar-refractivity contribution in [3.05, 3.63) is 51.7 Å². The Morgan fingerprint density at radius 1 is 1.19 bits per heavy atom. The highest BCUT2D eigenvalue weighted by molar-refractivity contribution is 7.11. The molecule has 6 heteroatoms. The van der Waals surface area contributed by atoms with E-state index in [1.807, 2.05) is 28.4 Å². The quantitative estimate of drug-likeness (QED) is 0.780. The lowest BCUT2D eigenvalue weighted by molar-refractivity contribution is 0.120. The molecule has 2 atom stereocenters. The van der Waals surface area contributed by atoms with Gasteiger partial charge in [0.1, 0.15) is 11.9 Å². The highest BCUT2D eigenvalue weighted by Gasteiger charge is 2.47. The van der Waals surface area contributed by atoms with Crippen molar-refractivity contribution in [2.45, 2.75) is 32.0 Å². The standard InChI is InChI=1S/C20H24N2O3S/c1-14-3-8-17(26-14)11-21-12-18-19(13-21)25-20(23)22(18)10-9-15-4-6-16(24-2)7-5-15/h3-8,18-19H,9-13H2,1-2H3/t18-,19+/m1/s1. The van der Waals surface area contributed by atoms with E-state index in [4.69, 9.17) is 9.47 Å². The molecule has 2 saturated heterocycles. The Kier molecular flexibility index (Phi) is 4.87. The lowest BCUT2D eigenvalue weighted by Crippen LogP contribution is -2.39. The van der Waals surface area contributed by atoms with Gasteiger partial charge in [-0.2, -0.15) is 0 Å². The number of amides is 1. The van der Waals surface area contributed by atoms with Gasteiger partial charge in [-0.15, -0.1) is 11.3 Å². The van der Waals surface area contributed by atoms with Crippen LogP contribution in [0.1, 0.15) is 15.3 Å². The molecule has 2 aliphatic heterocycles. The first kappa shape index (κ1) is 17.4. The van der Waals surface area contributed by atoms with Crippen molar-refractivity contribution in [1.29, 1.82) is 0 Å². The van der Waals surface area contributed by atoms with Crippen molar-refractivity contribution < 1.29 is 14.3 Å². The third kappa shape index (κ3) is 3.57. The predicted molar refractivity (Wildman–Crippen MR) is 102 cm³/mol. The molecule has 0 bridgehead atoms. The van der Waals surface area contributed by atoms with Gasteiger partial charge < -0.3 is 9.47 Å². The Balaban J connectivity index is 1.35. The van der Waals surface area contributed by atoms with Gasteiger partial charge in [0, 0.05) is 35.9 Å². The van der Waals surface area contributed by atoms with Crippen LogP contribution in [-0.4, -0.2) is 54.8 Å². The van der Waals surface area contributed by atoms with Crippen LogP contribution in [0, 0.1) is 6.92 Å². The van der Waals surface area contributed by atoms with Gasteiger partial charge in [0.05, 0.1) is 13.2 Å². The van der Waals surface area contributed by atoms with Crippen LogP contribution in [0.5, 0.6) is 5.75 Å². The van der Waals surface area contributed by atoms with Crippen molar-refractivity contribution in [1.82, 2.24) is 9.80 Å². The first-order valence-corrected chi connectivity index (χ1v) is 9.82. The molecular weight excluding hydrogens is 348 g/mol. The van der Waals surface area contributed by atoms with Gasteiger partial charge in [0.15, 0.2) is 0 Å². The van der Waals surface area contributed by atoms with Crippen molar-refractivity contribution in [3.63, 3.8) is 0 Å². The molecule has 0 aliphatic carbocycles. The van der Waals surface area contributed by atoms with E-state index in [1.165, 1.54) is 15.3 Å². The maximum absolute atomic E-state index is 12.2. The van der Waals surface area contributed by atoms with E-state index < -0.39 is 0 Å². The molecule has 1 aromatic heterocycles. The summed E-state index contributed by atoms with van der Waals surface area (Å²) in [4.78, 5) is 19.3. The number of carbonyl (C=O) groups is 1. The maximum Gasteiger partial charge on any atom is 0.410 e. The number of aryl methyl sites for hydroxylation is 1. The van der Waals surface area contributed by atoms with E-state index in [2.05, 4.69) is 36.1 Å². The lowest BCUT2D eigenvalue weighted by atomic mass is 10.1. The van der Waals surface area contributed by atoms with E-state index in [1.54, 1.807) is 7.11 Å². The number of hydrogen-bond acceptors (Lipinski definition) is 5. The van der Waals surface area contributed by atoms with Crippen LogP contribution >= 0.6 is 11.3 Å². The molecule has 5 nitrogen and oxygen atoms in total. The number of methoxy groups -OCH3 is 1. The number of hydrogen-bond donors (Lipinski definition) is 0. The topological polar surface area (TPSA) is 42.0 Å². The van der Waals surface area contributed by atoms with Crippen LogP contribution in [0.3, 0.4) is 0 Å². The minimum atomic E-state index is -0.167. The van der Waals surface area contributed by atoms with Gasteiger partial charge >= 0.3 is 6.09 Å². The zero-order valence-electron chi connectivity index (χ0n) is 15.2. The smallest absolute Gasteiger partial charge is 0.410 e. The van der Waals surface area contributed by atoms with Gasteiger partial charge in [-0.1, -0.05) is 12.1 Å². The molecule has 0 N–H and O–H groups in total. The summed E-state index contributed by atoms with van der Waals surface area (Å²) >= 11 is 1.84. The molecule has 3 heterocycles. The van der Waals surface area contributed by atoms with Crippen molar-refractivity contribution >= 4 is 17.4 Å². The van der Waals surface area contributed by atoms with Crippen molar-refractivity contribution in [3.8, 4) is 5.75 Å². The fourth-order valence-electron chi connectivity index (χ4n) is 3.80. The molecule has 0 unspecified atom stereocenters. The number of rotatable bonds is 6. The summed E-state index contributed by atoms with van der Waals surface area (Å²) in [5.74, 6) is 0.852. The van der Waals surface area contributed by atoms with Gasteiger partial charge in [-0.3, -0.25) is 9.80 Å². The third-order valence-electron chi connectivity index (χ3n) is 5.18. The van der Waals surface area contributed by atoms with Gasteiger partial charge in [-0.25, -0.2) is 4.79 Å². The number of likely N-dealkylation sites (tertiary alicyclic amines) is 1. The van der Waals surface area contributed by atoms with Crippen LogP contribution in [-0.2, 0) is 17.7 Å². The van der Waals surface area contributed by atoms with E-state index in [0.29, 0.717) is 6.54 Å². The molecule has 2 aromatic rings. The molecule has 0 radical (unpaired) electrons. The SMILES string of the molecule is COc1ccc(CCN2C(=O)O[C@H]3CN(Cc4ccc(C)s4)C[C@H]32)cc1. The first-order chi connectivity index (χ1) is 12.6. The summed E-state index contributed by atoms with van der Waals surface area (Å²) in [5.41, 5.74) is 1.20. The van der Waals surface area contributed by atoms with Crippen molar-refractivity contribution in [2.24, 2.45) is 0 Å². The zero-order valence-corrected chi connectivity index (χ0v) is 16.0. The molecule has 1 amide bonds. The van der Waals surface area contributed by atoms with Crippen LogP contribution in [0.25, 0.3) is 0 Å². The normalized spacial score (nSPS) is 22.5. The lowest BCUT2D eigenvalue weighted by Gasteiger charge is -2.22. The first-order valence-electron chi connectivity index (χ1n) is 9.00. The molecule has 0 spiro atoms. The Morgan fingerprint density at radius 3 is 2.69 bits per heavy atom. The number of thiophene rings is 1. The molecule has 2 aliphatic rings. The fourth-order valence-corrected chi connectivity index (χ4v) is 4.73. The van der Waals surface area contributed by atoms with Crippen LogP contribution in [0.4, 0.5) is 4.79 Å². The molecule has 4 rings (SSSR count). The van der Waals surface area contributed by atoms with E-state index in [0.717, 1.165) is 31.8 Å². The molecule has 1 aromatic carbocycles. The average molecular weight is 372 g/mol. The molecule has 2 fully saturated rings. The summed E-state index contributed by atoms with van der Waals surface area (Å²) in [5, 5.41) is 0. The zero-order chi connectivity index (χ0) is 18.1. The number of nitrogens with zero attached hydrogens (tertiary/aromatic N) is 2. The second-order valence-corrected chi connectivity index (χ2v) is 8.36. The molecule has 0 saturated carbocycles. The van der Waals surface area contributed by atoms with Crippen LogP contribution in [0.15, 0.2) is 36.4 Å². The minimum Gasteiger partial charge on any atom is -0.497 e. The predicted octanol–water partition coefficient (Wildman–Crippen LogP) is 3.31. The number of benzene rings is 1. The van der Waals surface area contributed by atoms with E-state index in [9.17, 15) is 4.79 Å². The van der Waals surface area contributed by atoms with E-state index in [-0.39, 0.29) is 18.2 Å². The number of carbonyl (C=O) groups excluding carboxylic acids is 1. The average Bonchev–Trinajstić information content (AvgIpc) is 3.29. The second-order valence-electron chi connectivity index (χ2n) is 6.99. The third-order valence-corrected chi connectivity index (χ3v) is 6.16. The summed E-state index contributed by atoms with van der Waals surface area (Å²) < 4.78 is 10.8. The molecular formula is C20H24N2O3S. The summed E-state index contributed by atoms with van der Waals surface area (Å²) in [6, 6.07) is 12.6. The van der Waals surface area contributed by atoms with Gasteiger partial charge in [-0.05, 0) is 43.2 Å². The van der Waals surface area contributed by atoms with Gasteiger partial charge in [0.25, 0.3) is 0 Å². The summed E-state index contributed by atoms with van der Waals surface area (Å²) in [7, 11) is 1.67. The Hall–Kier alpha value is -2.05. The van der Waals surface area contributed by atoms with Crippen LogP contribution < -0.4 is 4.74 Å². The Labute approximate surface area is 158 Å². The summed E-state index contributed by atoms with van der Waals surface area (Å²) in [6.45, 7) is 5.48. The Morgan fingerprint density at radius 2 is 2.00 bits per heavy atom. The summed E-state index contributed by atoms with van der Waals surface area (Å²) in [6.07, 6.45) is 0.659. The number of ether oxygens (including phenoxy) is 2. The minimum absolute atomic E-state index is 0.000531. The molecule has 138 valence electrons. The largest absolute Gasteiger partial charge is 0.497 e. The Bertz CT molecular complexity index is 774. The van der Waals surface area contributed by atoms with E-state index >= 15 is 0 Å². The molecule has 26 heavy (non-hydrogen) atoms. The highest BCUT2D eigenvalue weighted by atomic mass is 32.1. The highest BCUT2D eigenvalue weighted by Crippen LogP contribution is 2.29.